The first-order valence-electron chi connectivity index (χ1n) is 11.1. The molecule has 11 heteroatoms. The summed E-state index contributed by atoms with van der Waals surface area (Å²) in [6, 6.07) is 8.53. The van der Waals surface area contributed by atoms with Gasteiger partial charge in [-0.05, 0) is 25.0 Å². The van der Waals surface area contributed by atoms with Crippen molar-refractivity contribution in [1.82, 2.24) is 19.5 Å². The predicted octanol–water partition coefficient (Wildman–Crippen LogP) is 5.02. The second-order valence-corrected chi connectivity index (χ2v) is 9.57. The van der Waals surface area contributed by atoms with Crippen molar-refractivity contribution < 1.29 is 14.3 Å². The van der Waals surface area contributed by atoms with Crippen LogP contribution in [0.25, 0.3) is 22.4 Å². The molecule has 1 aliphatic rings. The van der Waals surface area contributed by atoms with E-state index in [0.29, 0.717) is 15.7 Å². The van der Waals surface area contributed by atoms with Gasteiger partial charge in [-0.15, -0.1) is 0 Å². The largest absolute Gasteiger partial charge is 0.393 e. The van der Waals surface area contributed by atoms with E-state index >= 15 is 0 Å². The quantitative estimate of drug-likeness (QED) is 0.350. The molecular weight excluding hydrogens is 491 g/mol. The minimum absolute atomic E-state index is 0.0359. The summed E-state index contributed by atoms with van der Waals surface area (Å²) in [5, 5.41) is 12.1. The van der Waals surface area contributed by atoms with Gasteiger partial charge in [-0.3, -0.25) is 4.79 Å². The van der Waals surface area contributed by atoms with Crippen LogP contribution >= 0.6 is 22.9 Å². The first kappa shape index (κ1) is 26.5. The number of benzene rings is 1. The number of nitrogens with zero attached hydrogens (tertiary/aromatic N) is 4. The van der Waals surface area contributed by atoms with Gasteiger partial charge in [0.15, 0.2) is 5.01 Å². The number of anilines is 1. The second-order valence-electron chi connectivity index (χ2n) is 7.91. The van der Waals surface area contributed by atoms with E-state index in [9.17, 15) is 9.18 Å². The number of aliphatic hydroxyl groups is 1. The topological polar surface area (TPSA) is 119 Å². The fourth-order valence-corrected chi connectivity index (χ4v) is 4.33. The number of primary amides is 1. The Morgan fingerprint density at radius 2 is 1.94 bits per heavy atom. The van der Waals surface area contributed by atoms with E-state index in [2.05, 4.69) is 20.3 Å². The molecule has 1 aromatic carbocycles. The number of thiazole rings is 1. The molecule has 0 saturated heterocycles. The molecule has 5 rings (SSSR count). The number of hydrogen-bond donors (Lipinski definition) is 3. The smallest absolute Gasteiger partial charge is 0.277 e. The molecule has 1 fully saturated rings. The molecule has 4 aromatic rings. The summed E-state index contributed by atoms with van der Waals surface area (Å²) < 4.78 is 16.2. The van der Waals surface area contributed by atoms with Crippen molar-refractivity contribution in [2.24, 2.45) is 12.8 Å². The molecule has 3 aromatic heterocycles. The number of aliphatic hydroxyl groups excluding tert-OH is 1. The lowest BCUT2D eigenvalue weighted by atomic mass is 9.98. The fraction of sp³-hybridized carbons (Fsp3) is 0.333. The lowest BCUT2D eigenvalue weighted by Crippen LogP contribution is -2.09. The number of rotatable bonds is 3. The minimum atomic E-state index is -0.535. The molecule has 0 spiro atoms. The maximum absolute atomic E-state index is 13.8. The molecule has 0 aliphatic heterocycles. The number of imidazole rings is 1. The number of aryl methyl sites for hydroxylation is 1. The van der Waals surface area contributed by atoms with Gasteiger partial charge in [0.25, 0.3) is 5.91 Å². The van der Waals surface area contributed by atoms with E-state index in [1.54, 1.807) is 24.4 Å². The Balaban J connectivity index is 0.000000177. The monoisotopic (exact) mass is 518 g/mol. The van der Waals surface area contributed by atoms with Crippen LogP contribution in [-0.2, 0) is 7.05 Å². The third-order valence-electron chi connectivity index (χ3n) is 5.40. The average Bonchev–Trinajstić information content (AvgIpc) is 3.44. The van der Waals surface area contributed by atoms with Crippen LogP contribution in [0.5, 0.6) is 0 Å². The molecule has 0 unspecified atom stereocenters. The van der Waals surface area contributed by atoms with Crippen LogP contribution in [0.4, 0.5) is 10.2 Å². The van der Waals surface area contributed by atoms with Gasteiger partial charge in [-0.1, -0.05) is 54.3 Å². The summed E-state index contributed by atoms with van der Waals surface area (Å²) in [4.78, 5) is 22.6. The van der Waals surface area contributed by atoms with Crippen molar-refractivity contribution in [2.45, 2.75) is 38.2 Å². The van der Waals surface area contributed by atoms with Crippen molar-refractivity contribution in [3.63, 3.8) is 0 Å². The van der Waals surface area contributed by atoms with Crippen molar-refractivity contribution in [3.05, 3.63) is 57.9 Å². The molecule has 0 atom stereocenters. The maximum Gasteiger partial charge on any atom is 0.277 e. The van der Waals surface area contributed by atoms with Crippen LogP contribution in [-0.4, -0.2) is 43.7 Å². The van der Waals surface area contributed by atoms with Crippen molar-refractivity contribution in [3.8, 4) is 11.4 Å². The molecule has 3 heterocycles. The molecule has 8 nitrogen and oxygen atoms in total. The number of aromatic nitrogens is 4. The molecule has 1 saturated carbocycles. The van der Waals surface area contributed by atoms with E-state index in [-0.39, 0.29) is 16.9 Å². The van der Waals surface area contributed by atoms with E-state index in [1.807, 2.05) is 24.7 Å². The summed E-state index contributed by atoms with van der Waals surface area (Å²) in [7, 11) is 3.68. The van der Waals surface area contributed by atoms with Gasteiger partial charge in [-0.25, -0.2) is 19.3 Å². The Labute approximate surface area is 212 Å². The highest BCUT2D eigenvalue weighted by atomic mass is 35.5. The van der Waals surface area contributed by atoms with Gasteiger partial charge in [0.1, 0.15) is 27.3 Å². The predicted molar refractivity (Wildman–Crippen MR) is 138 cm³/mol. The normalized spacial score (nSPS) is 13.4. The Kier molecular flexibility index (Phi) is 9.53. The van der Waals surface area contributed by atoms with Crippen molar-refractivity contribution in [2.75, 3.05) is 12.4 Å². The van der Waals surface area contributed by atoms with Crippen LogP contribution in [0.1, 0.15) is 41.9 Å². The van der Waals surface area contributed by atoms with Gasteiger partial charge in [0.2, 0.25) is 0 Å². The highest BCUT2D eigenvalue weighted by Crippen LogP contribution is 2.26. The Morgan fingerprint density at radius 1 is 1.23 bits per heavy atom. The fourth-order valence-electron chi connectivity index (χ4n) is 3.57. The summed E-state index contributed by atoms with van der Waals surface area (Å²) in [6.45, 7) is 0. The number of amides is 1. The summed E-state index contributed by atoms with van der Waals surface area (Å²) in [5.41, 5.74) is 7.03. The number of carbonyl (C=O) groups is 1. The standard InChI is InChI=1S/C14H13FN4.C6H12O.C4H3ClN2OS/c1-16-13-7-12-11(8-17-13)18-14(19(12)2)9-5-3-4-6-10(9)15;7-6-4-2-1-3-5-6;5-2-1-7-4(9-2)3(6)8/h3-8H,1-2H3,(H,16,17);6-7H,1-5H2;1H,(H2,6,8). The van der Waals surface area contributed by atoms with Crippen molar-refractivity contribution in [1.29, 1.82) is 0 Å². The Hall–Kier alpha value is -3.08. The summed E-state index contributed by atoms with van der Waals surface area (Å²) in [6.07, 6.45) is 9.01. The number of nitrogens with one attached hydrogen (secondary N) is 1. The zero-order valence-corrected chi connectivity index (χ0v) is 21.1. The van der Waals surface area contributed by atoms with Gasteiger partial charge < -0.3 is 20.7 Å². The van der Waals surface area contributed by atoms with Crippen LogP contribution in [0.2, 0.25) is 4.34 Å². The molecule has 186 valence electrons. The third-order valence-corrected chi connectivity index (χ3v) is 6.53. The average molecular weight is 519 g/mol. The Bertz CT molecular complexity index is 1270. The van der Waals surface area contributed by atoms with Crippen molar-refractivity contribution >= 4 is 45.7 Å². The highest BCUT2D eigenvalue weighted by Gasteiger charge is 2.13. The molecule has 0 radical (unpaired) electrons. The minimum Gasteiger partial charge on any atom is -0.393 e. The number of halogens is 2. The van der Waals surface area contributed by atoms with Crippen LogP contribution in [0, 0.1) is 5.82 Å². The molecule has 0 bridgehead atoms. The second kappa shape index (κ2) is 12.6. The van der Waals surface area contributed by atoms with Gasteiger partial charge >= 0.3 is 0 Å². The number of carbonyl (C=O) groups excluding carboxylic acids is 1. The Morgan fingerprint density at radius 3 is 2.46 bits per heavy atom. The van der Waals surface area contributed by atoms with Gasteiger partial charge in [-0.2, -0.15) is 0 Å². The molecular formula is C24H28ClFN6O2S. The lowest BCUT2D eigenvalue weighted by Gasteiger charge is -2.14. The van der Waals surface area contributed by atoms with Gasteiger partial charge in [0.05, 0.1) is 29.6 Å². The van der Waals surface area contributed by atoms with E-state index < -0.39 is 5.91 Å². The van der Waals surface area contributed by atoms with E-state index in [0.717, 1.165) is 41.0 Å². The first-order chi connectivity index (χ1) is 16.8. The lowest BCUT2D eigenvalue weighted by molar-refractivity contribution is 0.1000. The number of nitrogens with two attached hydrogens (primary N) is 1. The maximum atomic E-state index is 13.8. The molecule has 4 N–H and O–H groups in total. The van der Waals surface area contributed by atoms with Crippen LogP contribution in [0.3, 0.4) is 0 Å². The molecule has 35 heavy (non-hydrogen) atoms. The summed E-state index contributed by atoms with van der Waals surface area (Å²) >= 11 is 6.53. The number of fused-ring (bicyclic) bond motifs is 1. The number of pyridine rings is 1. The zero-order chi connectivity index (χ0) is 25.4. The van der Waals surface area contributed by atoms with E-state index in [1.165, 1.54) is 31.5 Å². The molecule has 1 amide bonds. The van der Waals surface area contributed by atoms with Crippen LogP contribution < -0.4 is 11.1 Å². The third kappa shape index (κ3) is 7.20. The first-order valence-corrected chi connectivity index (χ1v) is 12.3. The van der Waals surface area contributed by atoms with Gasteiger partial charge in [0, 0.05) is 20.2 Å². The SMILES string of the molecule is CNc1cc2c(cn1)nc(-c1ccccc1F)n2C.NC(=O)c1ncc(Cl)s1.OC1CCCCC1. The van der Waals surface area contributed by atoms with Crippen LogP contribution in [0.15, 0.2) is 42.7 Å². The van der Waals surface area contributed by atoms with E-state index in [4.69, 9.17) is 22.4 Å². The molecule has 1 aliphatic carbocycles. The number of hydrogen-bond acceptors (Lipinski definition) is 7. The highest BCUT2D eigenvalue weighted by molar-refractivity contribution is 7.17. The summed E-state index contributed by atoms with van der Waals surface area (Å²) in [5.74, 6) is 0.549. The zero-order valence-electron chi connectivity index (χ0n) is 19.5.